The Hall–Kier alpha value is -3.49. The Morgan fingerprint density at radius 1 is 1.15 bits per heavy atom. The number of aromatic hydroxyl groups is 1. The minimum Gasteiger partial charge on any atom is -0.493 e. The van der Waals surface area contributed by atoms with E-state index in [0.29, 0.717) is 29.3 Å². The topological polar surface area (TPSA) is 118 Å². The summed E-state index contributed by atoms with van der Waals surface area (Å²) in [6.07, 6.45) is 3.62. The van der Waals surface area contributed by atoms with Gasteiger partial charge in [-0.15, -0.1) is 0 Å². The van der Waals surface area contributed by atoms with E-state index >= 15 is 0 Å². The van der Waals surface area contributed by atoms with Crippen LogP contribution in [-0.4, -0.2) is 44.9 Å². The van der Waals surface area contributed by atoms with Gasteiger partial charge in [-0.3, -0.25) is 4.57 Å². The number of hydrogen-bond donors (Lipinski definition) is 2. The lowest BCUT2D eigenvalue weighted by atomic mass is 10.2. The van der Waals surface area contributed by atoms with Crippen molar-refractivity contribution in [2.24, 2.45) is 0 Å². The molecule has 0 spiro atoms. The van der Waals surface area contributed by atoms with Gasteiger partial charge in [0.1, 0.15) is 13.2 Å². The fourth-order valence-electron chi connectivity index (χ4n) is 2.80. The maximum atomic E-state index is 10.3. The molecule has 0 saturated carbocycles. The van der Waals surface area contributed by atoms with E-state index in [9.17, 15) is 5.11 Å². The summed E-state index contributed by atoms with van der Waals surface area (Å²) in [6, 6.07) is 5.44. The molecule has 134 valence electrons. The SMILES string of the molecule is COc1c2cccc1OC/C=C/COc1nc(N)c3nc(O)n(c3n1)C2. The Labute approximate surface area is 148 Å². The molecule has 26 heavy (non-hydrogen) atoms. The number of fused-ring (bicyclic) bond motifs is 3. The van der Waals surface area contributed by atoms with Crippen LogP contribution in [0.1, 0.15) is 5.56 Å². The van der Waals surface area contributed by atoms with Crippen LogP contribution in [0.4, 0.5) is 5.82 Å². The van der Waals surface area contributed by atoms with Crippen molar-refractivity contribution in [2.45, 2.75) is 6.54 Å². The number of nitrogens with zero attached hydrogens (tertiary/aromatic N) is 4. The number of hydrogen-bond acceptors (Lipinski definition) is 8. The van der Waals surface area contributed by atoms with E-state index in [0.717, 1.165) is 5.56 Å². The fourth-order valence-corrected chi connectivity index (χ4v) is 2.80. The highest BCUT2D eigenvalue weighted by Crippen LogP contribution is 2.34. The molecule has 9 heteroatoms. The van der Waals surface area contributed by atoms with Crippen LogP contribution in [0.25, 0.3) is 11.2 Å². The van der Waals surface area contributed by atoms with Crippen LogP contribution in [0.15, 0.2) is 30.4 Å². The first-order valence-electron chi connectivity index (χ1n) is 7.96. The molecular formula is C17H17N5O4. The molecular weight excluding hydrogens is 338 g/mol. The second kappa shape index (κ2) is 6.43. The summed E-state index contributed by atoms with van der Waals surface area (Å²) in [6.45, 7) is 0.868. The maximum absolute atomic E-state index is 10.3. The third-order valence-electron chi connectivity index (χ3n) is 3.98. The number of ether oxygens (including phenoxy) is 3. The van der Waals surface area contributed by atoms with Gasteiger partial charge in [-0.25, -0.2) is 0 Å². The lowest BCUT2D eigenvalue weighted by Crippen LogP contribution is -2.07. The van der Waals surface area contributed by atoms with Gasteiger partial charge in [0.05, 0.1) is 13.7 Å². The Balaban J connectivity index is 1.92. The molecule has 1 aliphatic heterocycles. The quantitative estimate of drug-likeness (QED) is 0.631. The molecule has 2 aromatic heterocycles. The van der Waals surface area contributed by atoms with Crippen LogP contribution >= 0.6 is 0 Å². The molecule has 0 radical (unpaired) electrons. The van der Waals surface area contributed by atoms with E-state index in [4.69, 9.17) is 19.9 Å². The third-order valence-corrected chi connectivity index (χ3v) is 3.98. The Morgan fingerprint density at radius 2 is 1.96 bits per heavy atom. The van der Waals surface area contributed by atoms with Crippen molar-refractivity contribution in [1.29, 1.82) is 0 Å². The van der Waals surface area contributed by atoms with Crippen molar-refractivity contribution in [3.8, 4) is 23.5 Å². The summed E-state index contributed by atoms with van der Waals surface area (Å²) < 4.78 is 18.3. The molecule has 9 nitrogen and oxygen atoms in total. The summed E-state index contributed by atoms with van der Waals surface area (Å²) in [5.41, 5.74) is 7.42. The van der Waals surface area contributed by atoms with Crippen molar-refractivity contribution in [1.82, 2.24) is 19.5 Å². The zero-order valence-corrected chi connectivity index (χ0v) is 14.0. The number of benzene rings is 1. The molecule has 0 unspecified atom stereocenters. The Bertz CT molecular complexity index is 998. The highest BCUT2D eigenvalue weighted by molar-refractivity contribution is 5.83. The van der Waals surface area contributed by atoms with Gasteiger partial charge in [-0.05, 0) is 18.2 Å². The predicted octanol–water partition coefficient (Wildman–Crippen LogP) is 1.50. The first-order valence-corrected chi connectivity index (χ1v) is 7.96. The van der Waals surface area contributed by atoms with E-state index in [1.165, 1.54) is 4.57 Å². The van der Waals surface area contributed by atoms with E-state index in [1.807, 2.05) is 24.3 Å². The summed E-state index contributed by atoms with van der Waals surface area (Å²) in [4.78, 5) is 12.5. The van der Waals surface area contributed by atoms with Crippen LogP contribution in [0, 0.1) is 0 Å². The second-order valence-electron chi connectivity index (χ2n) is 5.60. The van der Waals surface area contributed by atoms with Crippen LogP contribution in [-0.2, 0) is 6.54 Å². The number of nitrogen functional groups attached to an aromatic ring is 1. The summed E-state index contributed by atoms with van der Waals surface area (Å²) in [5.74, 6) is 1.32. The van der Waals surface area contributed by atoms with E-state index in [1.54, 1.807) is 13.2 Å². The van der Waals surface area contributed by atoms with Gasteiger partial charge in [0, 0.05) is 5.56 Å². The molecule has 0 saturated heterocycles. The molecule has 0 aliphatic carbocycles. The van der Waals surface area contributed by atoms with Gasteiger partial charge in [-0.2, -0.15) is 15.0 Å². The van der Waals surface area contributed by atoms with Gasteiger partial charge in [0.15, 0.2) is 28.5 Å². The molecule has 3 N–H and O–H groups in total. The van der Waals surface area contributed by atoms with Crippen molar-refractivity contribution in [3.63, 3.8) is 0 Å². The van der Waals surface area contributed by atoms with Gasteiger partial charge < -0.3 is 25.1 Å². The second-order valence-corrected chi connectivity index (χ2v) is 5.60. The van der Waals surface area contributed by atoms with Crippen LogP contribution in [0.5, 0.6) is 23.5 Å². The maximum Gasteiger partial charge on any atom is 0.320 e. The highest BCUT2D eigenvalue weighted by atomic mass is 16.5. The zero-order valence-electron chi connectivity index (χ0n) is 14.0. The highest BCUT2D eigenvalue weighted by Gasteiger charge is 2.19. The Morgan fingerprint density at radius 3 is 2.77 bits per heavy atom. The van der Waals surface area contributed by atoms with Gasteiger partial charge >= 0.3 is 6.01 Å². The Kier molecular flexibility index (Phi) is 3.96. The molecule has 1 aliphatic rings. The minimum absolute atomic E-state index is 0.111. The monoisotopic (exact) mass is 355 g/mol. The van der Waals surface area contributed by atoms with Gasteiger partial charge in [-0.1, -0.05) is 12.1 Å². The first-order chi connectivity index (χ1) is 12.7. The van der Waals surface area contributed by atoms with Crippen molar-refractivity contribution in [2.75, 3.05) is 26.1 Å². The third kappa shape index (κ3) is 2.73. The first kappa shape index (κ1) is 16.0. The number of aromatic nitrogens is 4. The zero-order chi connectivity index (χ0) is 18.1. The lowest BCUT2D eigenvalue weighted by Gasteiger charge is -2.15. The summed E-state index contributed by atoms with van der Waals surface area (Å²) in [5, 5.41) is 10.3. The predicted molar refractivity (Wildman–Crippen MR) is 93.6 cm³/mol. The minimum atomic E-state index is -0.224. The van der Waals surface area contributed by atoms with E-state index in [2.05, 4.69) is 15.0 Å². The number of imidazole rings is 1. The largest absolute Gasteiger partial charge is 0.493 e. The number of rotatable bonds is 1. The molecule has 0 fully saturated rings. The van der Waals surface area contributed by atoms with Crippen molar-refractivity contribution >= 4 is 17.0 Å². The molecule has 4 rings (SSSR count). The molecule has 0 amide bonds. The standard InChI is InChI=1S/C17H17N5O4/c1-24-13-10-5-4-6-11(13)25-7-2-3-8-26-16-20-14(18)12-15(21-16)22(9-10)17(23)19-12/h2-6H,7-9H2,1H3,(H,19,23)(H2,18,20,21)/b3-2+. The van der Waals surface area contributed by atoms with E-state index < -0.39 is 0 Å². The number of nitrogens with two attached hydrogens (primary N) is 1. The van der Waals surface area contributed by atoms with Crippen molar-refractivity contribution in [3.05, 3.63) is 35.9 Å². The lowest BCUT2D eigenvalue weighted by molar-refractivity contribution is 0.316. The van der Waals surface area contributed by atoms with Crippen LogP contribution in [0.2, 0.25) is 0 Å². The average molecular weight is 355 g/mol. The number of para-hydroxylation sites is 1. The normalized spacial score (nSPS) is 15.1. The van der Waals surface area contributed by atoms with E-state index in [-0.39, 0.29) is 31.0 Å². The molecule has 1 aromatic carbocycles. The van der Waals surface area contributed by atoms with Crippen LogP contribution < -0.4 is 19.9 Å². The smallest absolute Gasteiger partial charge is 0.320 e. The molecule has 3 heterocycles. The van der Waals surface area contributed by atoms with Gasteiger partial charge in [0.2, 0.25) is 0 Å². The molecule has 4 bridgehead atoms. The number of methoxy groups -OCH3 is 1. The van der Waals surface area contributed by atoms with Crippen LogP contribution in [0.3, 0.4) is 0 Å². The van der Waals surface area contributed by atoms with Crippen molar-refractivity contribution < 1.29 is 19.3 Å². The summed E-state index contributed by atoms with van der Waals surface area (Å²) >= 11 is 0. The molecule has 3 aromatic rings. The average Bonchev–Trinajstić information content (AvgIpc) is 2.94. The van der Waals surface area contributed by atoms with Gasteiger partial charge in [0.25, 0.3) is 6.01 Å². The fraction of sp³-hybridized carbons (Fsp3) is 0.235. The number of anilines is 1. The molecule has 0 atom stereocenters. The summed E-state index contributed by atoms with van der Waals surface area (Å²) in [7, 11) is 1.57.